The second-order valence-electron chi connectivity index (χ2n) is 6.04. The van der Waals surface area contributed by atoms with Gasteiger partial charge in [-0.1, -0.05) is 25.7 Å². The number of rotatable bonds is 4. The normalized spacial score (nSPS) is 25.3. The summed E-state index contributed by atoms with van der Waals surface area (Å²) in [5.74, 6) is -0.0732. The number of aliphatic carboxylic acids is 1. The molecular weight excluding hydrogens is 242 g/mol. The summed E-state index contributed by atoms with van der Waals surface area (Å²) in [5.41, 5.74) is 0. The highest BCUT2D eigenvalue weighted by Gasteiger charge is 2.31. The van der Waals surface area contributed by atoms with Gasteiger partial charge >= 0.3 is 5.97 Å². The largest absolute Gasteiger partial charge is 0.481 e. The van der Waals surface area contributed by atoms with Crippen LogP contribution in [0.25, 0.3) is 0 Å². The maximum absolute atomic E-state index is 12.4. The summed E-state index contributed by atoms with van der Waals surface area (Å²) in [6.45, 7) is 0.753. The average Bonchev–Trinajstić information content (AvgIpc) is 2.65. The van der Waals surface area contributed by atoms with Crippen molar-refractivity contribution in [3.63, 3.8) is 0 Å². The second kappa shape index (κ2) is 6.92. The zero-order valence-corrected chi connectivity index (χ0v) is 11.6. The predicted octanol–water partition coefficient (Wildman–Crippen LogP) is 2.81. The number of hydrogen-bond donors (Lipinski definition) is 1. The van der Waals surface area contributed by atoms with Crippen LogP contribution in [-0.4, -0.2) is 34.5 Å². The van der Waals surface area contributed by atoms with Gasteiger partial charge in [-0.2, -0.15) is 0 Å². The van der Waals surface area contributed by atoms with Gasteiger partial charge in [-0.25, -0.2) is 0 Å². The molecule has 0 spiro atoms. The van der Waals surface area contributed by atoms with E-state index in [9.17, 15) is 9.59 Å². The van der Waals surface area contributed by atoms with Gasteiger partial charge in [0, 0.05) is 19.0 Å². The molecule has 1 saturated carbocycles. The van der Waals surface area contributed by atoms with Crippen molar-refractivity contribution in [1.29, 1.82) is 0 Å². The quantitative estimate of drug-likeness (QED) is 0.797. The van der Waals surface area contributed by atoms with Crippen LogP contribution in [0.3, 0.4) is 0 Å². The molecule has 0 aromatic rings. The van der Waals surface area contributed by atoms with Gasteiger partial charge in [0.25, 0.3) is 0 Å². The highest BCUT2D eigenvalue weighted by atomic mass is 16.4. The molecule has 4 nitrogen and oxygen atoms in total. The van der Waals surface area contributed by atoms with Gasteiger partial charge in [-0.3, -0.25) is 9.59 Å². The van der Waals surface area contributed by atoms with E-state index in [0.717, 1.165) is 19.4 Å². The lowest BCUT2D eigenvalue weighted by Gasteiger charge is -2.25. The van der Waals surface area contributed by atoms with E-state index in [-0.39, 0.29) is 18.4 Å². The Morgan fingerprint density at radius 3 is 2.26 bits per heavy atom. The summed E-state index contributed by atoms with van der Waals surface area (Å²) in [4.78, 5) is 25.0. The van der Waals surface area contributed by atoms with Crippen LogP contribution in [0.5, 0.6) is 0 Å². The molecule has 0 bridgehead atoms. The van der Waals surface area contributed by atoms with Crippen molar-refractivity contribution < 1.29 is 14.7 Å². The number of amides is 1. The number of carbonyl (C=O) groups excluding carboxylic acids is 1. The number of likely N-dealkylation sites (tertiary alicyclic amines) is 1. The first-order chi connectivity index (χ1) is 9.16. The third-order valence-corrected chi connectivity index (χ3v) is 4.55. The predicted molar refractivity (Wildman–Crippen MR) is 72.8 cm³/mol. The Balaban J connectivity index is 1.85. The third-order valence-electron chi connectivity index (χ3n) is 4.55. The van der Waals surface area contributed by atoms with Crippen LogP contribution in [0.15, 0.2) is 0 Å². The Morgan fingerprint density at radius 1 is 0.947 bits per heavy atom. The summed E-state index contributed by atoms with van der Waals surface area (Å²) >= 11 is 0. The maximum Gasteiger partial charge on any atom is 0.305 e. The average molecular weight is 267 g/mol. The molecule has 1 heterocycles. The number of nitrogens with zero attached hydrogens (tertiary/aromatic N) is 1. The summed E-state index contributed by atoms with van der Waals surface area (Å²) < 4.78 is 0. The van der Waals surface area contributed by atoms with Crippen LogP contribution in [0.1, 0.15) is 64.2 Å². The molecule has 1 saturated heterocycles. The van der Waals surface area contributed by atoms with E-state index in [1.54, 1.807) is 0 Å². The number of hydrogen-bond acceptors (Lipinski definition) is 2. The molecule has 1 atom stereocenters. The van der Waals surface area contributed by atoms with E-state index in [1.807, 2.05) is 4.90 Å². The molecular formula is C15H25NO3. The molecule has 0 radical (unpaired) electrons. The zero-order chi connectivity index (χ0) is 13.7. The minimum Gasteiger partial charge on any atom is -0.481 e. The van der Waals surface area contributed by atoms with Crippen LogP contribution in [-0.2, 0) is 9.59 Å². The number of carboxylic acids is 1. The SMILES string of the molecule is O=C(O)CC1CCCN1C(=O)CC1CCCCCC1. The molecule has 0 aromatic heterocycles. The van der Waals surface area contributed by atoms with Crippen molar-refractivity contribution in [2.45, 2.75) is 70.3 Å². The van der Waals surface area contributed by atoms with E-state index in [2.05, 4.69) is 0 Å². The van der Waals surface area contributed by atoms with E-state index in [0.29, 0.717) is 12.3 Å². The number of carboxylic acid groups (broad SMARTS) is 1. The van der Waals surface area contributed by atoms with Crippen LogP contribution < -0.4 is 0 Å². The van der Waals surface area contributed by atoms with Gasteiger partial charge in [-0.15, -0.1) is 0 Å². The molecule has 2 rings (SSSR count). The lowest BCUT2D eigenvalue weighted by Crippen LogP contribution is -2.37. The van der Waals surface area contributed by atoms with Crippen molar-refractivity contribution in [3.8, 4) is 0 Å². The fourth-order valence-electron chi connectivity index (χ4n) is 3.51. The monoisotopic (exact) mass is 267 g/mol. The Bertz CT molecular complexity index is 321. The van der Waals surface area contributed by atoms with E-state index >= 15 is 0 Å². The van der Waals surface area contributed by atoms with Gasteiger partial charge in [0.1, 0.15) is 0 Å². The van der Waals surface area contributed by atoms with Crippen LogP contribution in [0.2, 0.25) is 0 Å². The van der Waals surface area contributed by atoms with Crippen LogP contribution in [0.4, 0.5) is 0 Å². The minimum absolute atomic E-state index is 0.0595. The molecule has 4 heteroatoms. The summed E-state index contributed by atoms with van der Waals surface area (Å²) in [7, 11) is 0. The second-order valence-corrected chi connectivity index (χ2v) is 6.04. The van der Waals surface area contributed by atoms with Crippen molar-refractivity contribution in [3.05, 3.63) is 0 Å². The van der Waals surface area contributed by atoms with Gasteiger partial charge in [0.05, 0.1) is 6.42 Å². The van der Waals surface area contributed by atoms with Crippen LogP contribution in [0, 0.1) is 5.92 Å². The molecule has 108 valence electrons. The van der Waals surface area contributed by atoms with Gasteiger partial charge in [0.2, 0.25) is 5.91 Å². The fourth-order valence-corrected chi connectivity index (χ4v) is 3.51. The molecule has 2 fully saturated rings. The van der Waals surface area contributed by atoms with E-state index < -0.39 is 5.97 Å². The first-order valence-electron chi connectivity index (χ1n) is 7.68. The third kappa shape index (κ3) is 4.22. The molecule has 1 aliphatic carbocycles. The van der Waals surface area contributed by atoms with E-state index in [4.69, 9.17) is 5.11 Å². The van der Waals surface area contributed by atoms with Gasteiger partial charge in [-0.05, 0) is 31.6 Å². The molecule has 1 amide bonds. The fraction of sp³-hybridized carbons (Fsp3) is 0.867. The minimum atomic E-state index is -0.792. The first-order valence-corrected chi connectivity index (χ1v) is 7.68. The summed E-state index contributed by atoms with van der Waals surface area (Å²) in [6, 6.07) is -0.0595. The topological polar surface area (TPSA) is 57.6 Å². The molecule has 0 aromatic carbocycles. The first kappa shape index (κ1) is 14.4. The Morgan fingerprint density at radius 2 is 1.63 bits per heavy atom. The summed E-state index contributed by atoms with van der Waals surface area (Å²) in [6.07, 6.45) is 9.98. The number of carbonyl (C=O) groups is 2. The van der Waals surface area contributed by atoms with Crippen molar-refractivity contribution >= 4 is 11.9 Å². The van der Waals surface area contributed by atoms with Crippen LogP contribution >= 0.6 is 0 Å². The molecule has 1 N–H and O–H groups in total. The molecule has 1 unspecified atom stereocenters. The van der Waals surface area contributed by atoms with Crippen molar-refractivity contribution in [2.24, 2.45) is 5.92 Å². The maximum atomic E-state index is 12.4. The molecule has 2 aliphatic rings. The smallest absolute Gasteiger partial charge is 0.305 e. The lowest BCUT2D eigenvalue weighted by molar-refractivity contribution is -0.140. The van der Waals surface area contributed by atoms with Gasteiger partial charge < -0.3 is 10.0 Å². The van der Waals surface area contributed by atoms with Crippen molar-refractivity contribution in [1.82, 2.24) is 4.90 Å². The highest BCUT2D eigenvalue weighted by molar-refractivity contribution is 5.78. The van der Waals surface area contributed by atoms with Crippen molar-refractivity contribution in [2.75, 3.05) is 6.54 Å². The lowest BCUT2D eigenvalue weighted by atomic mass is 9.96. The Kier molecular flexibility index (Phi) is 5.23. The highest BCUT2D eigenvalue weighted by Crippen LogP contribution is 2.28. The summed E-state index contributed by atoms with van der Waals surface area (Å²) in [5, 5.41) is 8.89. The zero-order valence-electron chi connectivity index (χ0n) is 11.6. The Hall–Kier alpha value is -1.06. The Labute approximate surface area is 115 Å². The standard InChI is InChI=1S/C15H25NO3/c17-14(10-12-6-3-1-2-4-7-12)16-9-5-8-13(16)11-15(18)19/h12-13H,1-11H2,(H,18,19). The molecule has 1 aliphatic heterocycles. The van der Waals surface area contributed by atoms with Gasteiger partial charge in [0.15, 0.2) is 0 Å². The molecule has 19 heavy (non-hydrogen) atoms. The van der Waals surface area contributed by atoms with E-state index in [1.165, 1.54) is 38.5 Å².